The number of carbonyl (C=O) groups is 2. The lowest BCUT2D eigenvalue weighted by Crippen LogP contribution is -2.56. The molecule has 0 radical (unpaired) electrons. The van der Waals surface area contributed by atoms with Gasteiger partial charge in [0.2, 0.25) is 10.0 Å². The third kappa shape index (κ3) is 3.32. The number of likely N-dealkylation sites (tertiary alicyclic amines) is 1. The Kier molecular flexibility index (Phi) is 5.33. The Morgan fingerprint density at radius 2 is 2.17 bits per heavy atom. The summed E-state index contributed by atoms with van der Waals surface area (Å²) in [7, 11) is -4.03. The maximum atomic E-state index is 12.6. The minimum atomic E-state index is -4.03. The molecule has 1 aliphatic heterocycles. The normalized spacial score (nSPS) is 24.8. The molecule has 1 saturated heterocycles. The lowest BCUT2D eigenvalue weighted by molar-refractivity contribution is -0.162. The fraction of sp³-hybridized carbons (Fsp3) is 0.571. The highest BCUT2D eigenvalue weighted by molar-refractivity contribution is 7.89. The maximum absolute atomic E-state index is 12.6. The van der Waals surface area contributed by atoms with Gasteiger partial charge in [0.25, 0.3) is 5.91 Å². The van der Waals surface area contributed by atoms with E-state index < -0.39 is 33.4 Å². The van der Waals surface area contributed by atoms with Crippen molar-refractivity contribution in [3.8, 4) is 0 Å². The highest BCUT2D eigenvalue weighted by Gasteiger charge is 2.49. The lowest BCUT2D eigenvalue weighted by Gasteiger charge is -2.42. The van der Waals surface area contributed by atoms with E-state index in [9.17, 15) is 28.2 Å². The Hall–Kier alpha value is -1.49. The van der Waals surface area contributed by atoms with Crippen LogP contribution in [0.3, 0.4) is 0 Å². The van der Waals surface area contributed by atoms with E-state index in [0.717, 1.165) is 11.3 Å². The highest BCUT2D eigenvalue weighted by atomic mass is 32.2. The predicted octanol–water partition coefficient (Wildman–Crippen LogP) is 0.473. The van der Waals surface area contributed by atoms with Crippen LogP contribution in [0.25, 0.3) is 0 Å². The van der Waals surface area contributed by atoms with Gasteiger partial charge in [-0.3, -0.25) is 9.59 Å². The van der Waals surface area contributed by atoms with Gasteiger partial charge in [0, 0.05) is 13.1 Å². The predicted molar refractivity (Wildman–Crippen MR) is 87.2 cm³/mol. The van der Waals surface area contributed by atoms with Crippen molar-refractivity contribution in [2.24, 2.45) is 10.6 Å². The first-order valence-corrected chi connectivity index (χ1v) is 9.87. The van der Waals surface area contributed by atoms with Crippen LogP contribution in [0.2, 0.25) is 0 Å². The second-order valence-electron chi connectivity index (χ2n) is 5.89. The summed E-state index contributed by atoms with van der Waals surface area (Å²) >= 11 is 0.948. The zero-order chi connectivity index (χ0) is 18.1. The molecule has 1 aromatic heterocycles. The average molecular weight is 376 g/mol. The van der Waals surface area contributed by atoms with Crippen molar-refractivity contribution in [3.63, 3.8) is 0 Å². The van der Waals surface area contributed by atoms with E-state index in [2.05, 4.69) is 0 Å². The second kappa shape index (κ2) is 6.79. The lowest BCUT2D eigenvalue weighted by atomic mass is 9.73. The van der Waals surface area contributed by atoms with Crippen LogP contribution in [0.1, 0.15) is 35.9 Å². The van der Waals surface area contributed by atoms with E-state index >= 15 is 0 Å². The quantitative estimate of drug-likeness (QED) is 0.683. The van der Waals surface area contributed by atoms with Crippen LogP contribution in [-0.2, 0) is 14.8 Å². The molecule has 0 saturated carbocycles. The summed E-state index contributed by atoms with van der Waals surface area (Å²) < 4.78 is 23.1. The SMILES string of the molecule is CCC[C@]1(C(=O)O)CCN(C(=O)c2sccc2S(N)(=O)=O)C[C@@H]1O. The van der Waals surface area contributed by atoms with Gasteiger partial charge < -0.3 is 15.1 Å². The Labute approximate surface area is 143 Å². The van der Waals surface area contributed by atoms with Gasteiger partial charge in [-0.25, -0.2) is 13.6 Å². The molecule has 24 heavy (non-hydrogen) atoms. The molecule has 2 rings (SSSR count). The van der Waals surface area contributed by atoms with E-state index in [1.165, 1.54) is 16.3 Å². The molecule has 2 atom stereocenters. The van der Waals surface area contributed by atoms with E-state index in [-0.39, 0.29) is 29.3 Å². The molecule has 0 unspecified atom stereocenters. The van der Waals surface area contributed by atoms with Crippen LogP contribution in [0.4, 0.5) is 0 Å². The number of aliphatic carboxylic acids is 1. The summed E-state index contributed by atoms with van der Waals surface area (Å²) in [6.07, 6.45) is -0.199. The van der Waals surface area contributed by atoms with Crippen LogP contribution >= 0.6 is 11.3 Å². The molecule has 1 aromatic rings. The van der Waals surface area contributed by atoms with Crippen molar-refractivity contribution >= 4 is 33.2 Å². The molecular weight excluding hydrogens is 356 g/mol. The molecule has 4 N–H and O–H groups in total. The highest BCUT2D eigenvalue weighted by Crippen LogP contribution is 2.37. The number of amides is 1. The maximum Gasteiger partial charge on any atom is 0.312 e. The Bertz CT molecular complexity index is 744. The largest absolute Gasteiger partial charge is 0.481 e. The minimum absolute atomic E-state index is 0.0250. The van der Waals surface area contributed by atoms with Gasteiger partial charge in [0.1, 0.15) is 9.77 Å². The first-order chi connectivity index (χ1) is 11.1. The van der Waals surface area contributed by atoms with Crippen molar-refractivity contribution in [2.75, 3.05) is 13.1 Å². The summed E-state index contributed by atoms with van der Waals surface area (Å²) in [4.78, 5) is 25.2. The fourth-order valence-electron chi connectivity index (χ4n) is 3.08. The first-order valence-electron chi connectivity index (χ1n) is 7.44. The summed E-state index contributed by atoms with van der Waals surface area (Å²) in [6.45, 7) is 1.80. The van der Waals surface area contributed by atoms with Gasteiger partial charge in [-0.1, -0.05) is 13.3 Å². The van der Waals surface area contributed by atoms with Gasteiger partial charge in [-0.05, 0) is 24.3 Å². The zero-order valence-electron chi connectivity index (χ0n) is 13.1. The average Bonchev–Trinajstić information content (AvgIpc) is 2.98. The molecule has 8 nitrogen and oxygen atoms in total. The number of β-amino-alcohol motifs (C(OH)–C–C–N with tert-alkyl or cyclic N) is 1. The number of aliphatic hydroxyl groups is 1. The van der Waals surface area contributed by atoms with Gasteiger partial charge in [-0.2, -0.15) is 0 Å². The molecule has 0 aromatic carbocycles. The molecule has 0 aliphatic carbocycles. The van der Waals surface area contributed by atoms with Gasteiger partial charge in [0.15, 0.2) is 0 Å². The van der Waals surface area contributed by atoms with Gasteiger partial charge >= 0.3 is 5.97 Å². The molecule has 10 heteroatoms. The standard InChI is InChI=1S/C14H20N2O6S2/c1-2-4-14(13(19)20)5-6-16(8-10(14)17)12(18)11-9(3-7-23-11)24(15,21)22/h3,7,10,17H,2,4-6,8H2,1H3,(H,19,20)(H2,15,21,22)/t10-,14-/m0/s1. The van der Waals surface area contributed by atoms with Crippen LogP contribution < -0.4 is 5.14 Å². The zero-order valence-corrected chi connectivity index (χ0v) is 14.8. The number of hydrogen-bond donors (Lipinski definition) is 3. The number of carbonyl (C=O) groups excluding carboxylic acids is 1. The van der Waals surface area contributed by atoms with Crippen molar-refractivity contribution < 1.29 is 28.2 Å². The number of nitrogens with zero attached hydrogens (tertiary/aromatic N) is 1. The summed E-state index contributed by atoms with van der Waals surface area (Å²) in [6, 6.07) is 1.26. The van der Waals surface area contributed by atoms with Crippen LogP contribution in [0.15, 0.2) is 16.3 Å². The number of carboxylic acid groups (broad SMARTS) is 1. The number of nitrogens with two attached hydrogens (primary N) is 1. The van der Waals surface area contributed by atoms with E-state index in [4.69, 9.17) is 5.14 Å². The van der Waals surface area contributed by atoms with E-state index in [1.807, 2.05) is 6.92 Å². The van der Waals surface area contributed by atoms with Crippen molar-refractivity contribution in [2.45, 2.75) is 37.2 Å². The van der Waals surface area contributed by atoms with E-state index in [0.29, 0.717) is 12.8 Å². The second-order valence-corrected chi connectivity index (χ2v) is 8.33. The van der Waals surface area contributed by atoms with Crippen molar-refractivity contribution in [1.29, 1.82) is 0 Å². The number of sulfonamides is 1. The fourth-order valence-corrected chi connectivity index (χ4v) is 5.01. The first kappa shape index (κ1) is 18.8. The molecule has 2 heterocycles. The monoisotopic (exact) mass is 376 g/mol. The topological polar surface area (TPSA) is 138 Å². The molecule has 134 valence electrons. The van der Waals surface area contributed by atoms with Gasteiger partial charge in [-0.15, -0.1) is 11.3 Å². The third-order valence-corrected chi connectivity index (χ3v) is 6.38. The summed E-state index contributed by atoms with van der Waals surface area (Å²) in [5.74, 6) is -1.64. The van der Waals surface area contributed by atoms with Crippen molar-refractivity contribution in [1.82, 2.24) is 4.90 Å². The number of thiophene rings is 1. The number of rotatable bonds is 5. The Morgan fingerprint density at radius 1 is 1.50 bits per heavy atom. The number of aliphatic hydroxyl groups excluding tert-OH is 1. The van der Waals surface area contributed by atoms with Crippen LogP contribution in [0, 0.1) is 5.41 Å². The smallest absolute Gasteiger partial charge is 0.312 e. The van der Waals surface area contributed by atoms with Crippen LogP contribution in [-0.4, -0.2) is 54.6 Å². The molecule has 1 aliphatic rings. The summed E-state index contributed by atoms with van der Waals surface area (Å²) in [5, 5.41) is 26.4. The number of piperidine rings is 1. The molecule has 1 amide bonds. The van der Waals surface area contributed by atoms with Crippen LogP contribution in [0.5, 0.6) is 0 Å². The molecule has 0 spiro atoms. The number of primary sulfonamides is 1. The molecular formula is C14H20N2O6S2. The van der Waals surface area contributed by atoms with Gasteiger partial charge in [0.05, 0.1) is 11.5 Å². The Balaban J connectivity index is 2.24. The minimum Gasteiger partial charge on any atom is -0.481 e. The van der Waals surface area contributed by atoms with Crippen molar-refractivity contribution in [3.05, 3.63) is 16.3 Å². The Morgan fingerprint density at radius 3 is 2.67 bits per heavy atom. The molecule has 1 fully saturated rings. The number of carboxylic acids is 1. The summed E-state index contributed by atoms with van der Waals surface area (Å²) in [5.41, 5.74) is -1.27. The third-order valence-electron chi connectivity index (χ3n) is 4.40. The van der Waals surface area contributed by atoms with E-state index in [1.54, 1.807) is 0 Å². The molecule has 0 bridgehead atoms. The number of hydrogen-bond acceptors (Lipinski definition) is 6.